The molecule has 0 bridgehead atoms. The minimum absolute atomic E-state index is 0.00424. The highest BCUT2D eigenvalue weighted by Gasteiger charge is 2.40. The molecule has 0 spiro atoms. The molecular weight excluding hydrogens is 1740 g/mol. The number of anilines is 8. The fourth-order valence-electron chi connectivity index (χ4n) is 15.8. The first-order valence-corrected chi connectivity index (χ1v) is 42.5. The Morgan fingerprint density at radius 1 is 0.566 bits per heavy atom. The van der Waals surface area contributed by atoms with Gasteiger partial charge >= 0.3 is 24.7 Å². The van der Waals surface area contributed by atoms with Gasteiger partial charge in [0.05, 0.1) is 99.7 Å². The standard InChI is InChI=1S/C26H33F3N6O.C22H24F3N5.C20H20ClF3N6O2.C20H20F3N5O2S/c1-15(19-10-20(26(27,28)29)12-22(30)11-19)31-24-23-13-21(14-35(23)33-17(3)32-24)25(36)8-6-18(7-9-25)16(2)34(4)5;1-13(15-8-16(22(23,24)25)10-17(26)9-15)29-20-18-11-19(14-6-4-3-5-7-14)30(2)21(18)28-12-27-20;1-11(12-6-14(20(22,23)24)9-15(25)7-12)26-17-16-8-13(10-30(16)28-19(21)27-17)18(31)29-2-4-32-5-3-29;1-11(12-6-13(20(21,22)23)8-14(24)7-12)27-17-15-9-16(31-18(15)26-10-25-17)19(29)28-2-4-30-5-3-28/h10-15,18,36H,2,6-9,30H2,1,3-5H3,(H,31,32,33);6,8-13H,3-5,7,26H2,1-2H3,(H,27,28,29);6-11H,2-5,25H2,1H3,(H,26,27,28);6-11H,2-5,24H2,1H3,(H,25,26,27)/t15-,18?,25?;13-;2*11-/m1111/s1. The maximum absolute atomic E-state index is 13.3. The summed E-state index contributed by atoms with van der Waals surface area (Å²) in [5.41, 5.74) is 26.8. The molecule has 4 atom stereocenters. The first-order valence-electron chi connectivity index (χ1n) is 41.3. The Balaban J connectivity index is 0.000000147. The summed E-state index contributed by atoms with van der Waals surface area (Å²) < 4.78 is 174. The van der Waals surface area contributed by atoms with Gasteiger partial charge in [-0.2, -0.15) is 62.8 Å². The predicted molar refractivity (Wildman–Crippen MR) is 472 cm³/mol. The van der Waals surface area contributed by atoms with Crippen LogP contribution >= 0.6 is 22.9 Å². The number of allylic oxidation sites excluding steroid dienone is 3. The molecule has 13 N–H and O–H groups in total. The van der Waals surface area contributed by atoms with Crippen LogP contribution in [-0.2, 0) is 46.8 Å². The van der Waals surface area contributed by atoms with E-state index in [1.807, 2.05) is 42.9 Å². The molecule has 129 heavy (non-hydrogen) atoms. The van der Waals surface area contributed by atoms with Gasteiger partial charge in [-0.3, -0.25) is 9.59 Å². The van der Waals surface area contributed by atoms with E-state index in [1.165, 1.54) is 58.7 Å². The molecule has 3 fully saturated rings. The Kier molecular flexibility index (Phi) is 28.2. The van der Waals surface area contributed by atoms with Gasteiger partial charge in [-0.15, -0.1) is 16.4 Å². The lowest BCUT2D eigenvalue weighted by Gasteiger charge is -2.37. The number of carbonyl (C=O) groups excluding carboxylic acids is 2. The molecule has 10 heterocycles. The molecular formula is C88H97ClF12N22O5S. The van der Waals surface area contributed by atoms with Crippen molar-refractivity contribution in [1.29, 1.82) is 0 Å². The number of amides is 2. The van der Waals surface area contributed by atoms with Gasteiger partial charge in [-0.05, 0) is 228 Å². The number of rotatable bonds is 18. The fourth-order valence-corrected chi connectivity index (χ4v) is 17.0. The molecule has 1 saturated carbocycles. The number of nitrogens with zero attached hydrogens (tertiary/aromatic N) is 14. The number of thiophene rings is 1. The van der Waals surface area contributed by atoms with Crippen molar-refractivity contribution < 1.29 is 76.9 Å². The summed E-state index contributed by atoms with van der Waals surface area (Å²) in [7, 11) is 5.93. The van der Waals surface area contributed by atoms with Crippen LogP contribution in [0.15, 0.2) is 140 Å². The van der Waals surface area contributed by atoms with Gasteiger partial charge in [-0.1, -0.05) is 12.7 Å². The van der Waals surface area contributed by atoms with Gasteiger partial charge < -0.3 is 78.0 Å². The maximum Gasteiger partial charge on any atom is 0.416 e. The maximum atomic E-state index is 13.3. The van der Waals surface area contributed by atoms with E-state index in [1.54, 1.807) is 73.3 Å². The van der Waals surface area contributed by atoms with Crippen LogP contribution in [0.3, 0.4) is 0 Å². The Labute approximate surface area is 742 Å². The second kappa shape index (κ2) is 38.6. The zero-order valence-corrected chi connectivity index (χ0v) is 73.1. The number of carbonyl (C=O) groups is 2. The molecule has 12 aromatic rings. The molecule has 2 saturated heterocycles. The van der Waals surface area contributed by atoms with Crippen molar-refractivity contribution in [1.82, 2.24) is 68.4 Å². The molecule has 8 aromatic heterocycles. The van der Waals surface area contributed by atoms with Gasteiger partial charge in [0.2, 0.25) is 5.28 Å². The van der Waals surface area contributed by atoms with E-state index in [9.17, 15) is 67.4 Å². The van der Waals surface area contributed by atoms with Gasteiger partial charge in [0.1, 0.15) is 51.6 Å². The first-order chi connectivity index (χ1) is 60.8. The normalized spacial score (nSPS) is 17.3. The van der Waals surface area contributed by atoms with Crippen LogP contribution in [0.5, 0.6) is 0 Å². The second-order valence-corrected chi connectivity index (χ2v) is 33.8. The number of benzene rings is 4. The molecule has 686 valence electrons. The van der Waals surface area contributed by atoms with Crippen molar-refractivity contribution in [3.63, 3.8) is 0 Å². The summed E-state index contributed by atoms with van der Waals surface area (Å²) in [6, 6.07) is 19.2. The van der Waals surface area contributed by atoms with E-state index in [-0.39, 0.29) is 45.7 Å². The number of aryl methyl sites for hydroxylation is 2. The summed E-state index contributed by atoms with van der Waals surface area (Å²) in [6.45, 7) is 16.8. The average molecular weight is 1840 g/mol. The summed E-state index contributed by atoms with van der Waals surface area (Å²) in [4.78, 5) is 58.1. The lowest BCUT2D eigenvalue weighted by molar-refractivity contribution is -0.138. The number of nitrogens with two attached hydrogens (primary N) is 4. The first kappa shape index (κ1) is 94.3. The van der Waals surface area contributed by atoms with E-state index < -0.39 is 76.7 Å². The molecule has 16 rings (SSSR count). The average Bonchev–Trinajstić information content (AvgIpc) is 1.61. The number of aromatic nitrogens is 11. The molecule has 4 aliphatic rings. The molecule has 27 nitrogen and oxygen atoms in total. The van der Waals surface area contributed by atoms with Gasteiger partial charge in [0, 0.05) is 99.4 Å². The summed E-state index contributed by atoms with van der Waals surface area (Å²) in [6.07, 6.45) is -2.21. The number of nitrogen functional groups attached to an aromatic ring is 4. The number of aliphatic hydroxyl groups is 1. The summed E-state index contributed by atoms with van der Waals surface area (Å²) in [5, 5.41) is 34.1. The fraction of sp³-hybridized carbons (Fsp3) is 0.386. The predicted octanol–water partition coefficient (Wildman–Crippen LogP) is 18.5. The third-order valence-corrected chi connectivity index (χ3v) is 24.1. The van der Waals surface area contributed by atoms with E-state index in [0.29, 0.717) is 149 Å². The van der Waals surface area contributed by atoms with Crippen LogP contribution in [0.25, 0.3) is 37.9 Å². The highest BCUT2D eigenvalue weighted by molar-refractivity contribution is 7.20. The minimum Gasteiger partial charge on any atom is -0.399 e. The lowest BCUT2D eigenvalue weighted by atomic mass is 9.75. The number of hydrogen-bond donors (Lipinski definition) is 9. The van der Waals surface area contributed by atoms with Crippen molar-refractivity contribution in [2.75, 3.05) is 111 Å². The van der Waals surface area contributed by atoms with E-state index in [2.05, 4.69) is 80.1 Å². The van der Waals surface area contributed by atoms with E-state index >= 15 is 0 Å². The summed E-state index contributed by atoms with van der Waals surface area (Å²) in [5.74, 6) is 2.30. The van der Waals surface area contributed by atoms with Crippen LogP contribution in [-0.4, -0.2) is 152 Å². The lowest BCUT2D eigenvalue weighted by Crippen LogP contribution is -2.40. The van der Waals surface area contributed by atoms with E-state index in [0.717, 1.165) is 109 Å². The zero-order chi connectivity index (χ0) is 93.1. The Bertz CT molecular complexity index is 6130. The SMILES string of the molecule is C=C(C1CCC(O)(c2cc3c(N[C@H](C)c4cc(N)cc(C(F)(F)F)c4)nc(C)nn3c2)CC1)N(C)C.C[C@@H](Nc1nc(Cl)nn2cc(C(=O)N3CCOCC3)cc12)c1cc(N)cc(C(F)(F)F)c1.C[C@@H](Nc1ncnc2c1cc(C1=CCCCC1)n2C)c1cc(N)cc(C(F)(F)F)c1.C[C@@H](Nc1ncnc2sc(C(=O)N3CCOCC3)cc12)c1cc(N)cc(C(F)(F)F)c1. The van der Waals surface area contributed by atoms with Crippen molar-refractivity contribution >= 4 is 119 Å². The van der Waals surface area contributed by atoms with Crippen molar-refractivity contribution in [2.24, 2.45) is 13.0 Å². The van der Waals surface area contributed by atoms with Gasteiger partial charge in [0.25, 0.3) is 11.8 Å². The highest BCUT2D eigenvalue weighted by Crippen LogP contribution is 2.45. The number of nitrogens with one attached hydrogen (secondary N) is 4. The monoisotopic (exact) mass is 1840 g/mol. The third-order valence-electron chi connectivity index (χ3n) is 22.9. The Hall–Kier alpha value is -12.3. The van der Waals surface area contributed by atoms with Gasteiger partial charge in [0.15, 0.2) is 11.6 Å². The topological polar surface area (TPSA) is 352 Å². The van der Waals surface area contributed by atoms with Crippen molar-refractivity contribution in [2.45, 2.75) is 140 Å². The van der Waals surface area contributed by atoms with E-state index in [4.69, 9.17) is 44.0 Å². The number of halogens is 13. The third kappa shape index (κ3) is 22.5. The molecule has 2 amide bonds. The molecule has 2 aliphatic carbocycles. The largest absolute Gasteiger partial charge is 0.416 e. The molecule has 4 aromatic carbocycles. The summed E-state index contributed by atoms with van der Waals surface area (Å²) >= 11 is 7.29. The molecule has 41 heteroatoms. The Morgan fingerprint density at radius 3 is 1.47 bits per heavy atom. The quantitative estimate of drug-likeness (QED) is 0.0285. The van der Waals surface area contributed by atoms with Crippen LogP contribution in [0.4, 0.5) is 98.7 Å². The molecule has 2 aliphatic heterocycles. The molecule has 0 unspecified atom stereocenters. The zero-order valence-electron chi connectivity index (χ0n) is 71.5. The second-order valence-electron chi connectivity index (χ2n) is 32.4. The number of fused-ring (bicyclic) bond motifs is 4. The minimum atomic E-state index is -4.52. The smallest absolute Gasteiger partial charge is 0.399 e. The number of hydrogen-bond acceptors (Lipinski definition) is 23. The van der Waals surface area contributed by atoms with Crippen molar-refractivity contribution in [3.05, 3.63) is 218 Å². The van der Waals surface area contributed by atoms with Crippen LogP contribution in [0, 0.1) is 12.8 Å². The number of ether oxygens (including phenoxy) is 2. The van der Waals surface area contributed by atoms with Crippen LogP contribution < -0.4 is 44.2 Å². The van der Waals surface area contributed by atoms with Crippen molar-refractivity contribution in [3.8, 4) is 0 Å². The Morgan fingerprint density at radius 2 is 1.01 bits per heavy atom. The molecule has 0 radical (unpaired) electrons. The number of alkyl halides is 12. The number of morpholine rings is 2. The van der Waals surface area contributed by atoms with Crippen LogP contribution in [0.2, 0.25) is 5.28 Å². The van der Waals surface area contributed by atoms with Crippen LogP contribution in [0.1, 0.15) is 185 Å². The highest BCUT2D eigenvalue weighted by atomic mass is 35.5. The van der Waals surface area contributed by atoms with Gasteiger partial charge in [-0.25, -0.2) is 34.0 Å².